The molecule has 1 fully saturated rings. The highest BCUT2D eigenvalue weighted by molar-refractivity contribution is 6.06. The van der Waals surface area contributed by atoms with Gasteiger partial charge in [-0.2, -0.15) is 5.01 Å². The first-order chi connectivity index (χ1) is 10.4. The van der Waals surface area contributed by atoms with Crippen LogP contribution >= 0.6 is 0 Å². The molecule has 1 heterocycles. The molecule has 3 amide bonds. The van der Waals surface area contributed by atoms with E-state index in [2.05, 4.69) is 4.74 Å². The van der Waals surface area contributed by atoms with E-state index in [9.17, 15) is 14.4 Å². The summed E-state index contributed by atoms with van der Waals surface area (Å²) >= 11 is 0. The van der Waals surface area contributed by atoms with Crippen molar-refractivity contribution in [1.29, 1.82) is 0 Å². The smallest absolute Gasteiger partial charge is 0.436 e. The average molecular weight is 306 g/mol. The van der Waals surface area contributed by atoms with Crippen molar-refractivity contribution in [2.24, 2.45) is 0 Å². The minimum atomic E-state index is -1.26. The van der Waals surface area contributed by atoms with Gasteiger partial charge in [0.15, 0.2) is 5.54 Å². The van der Waals surface area contributed by atoms with Gasteiger partial charge in [-0.05, 0) is 24.5 Å². The third-order valence-electron chi connectivity index (χ3n) is 3.91. The van der Waals surface area contributed by atoms with Gasteiger partial charge in [0.2, 0.25) is 0 Å². The first-order valence-electron chi connectivity index (χ1n) is 6.82. The van der Waals surface area contributed by atoms with Gasteiger partial charge in [-0.25, -0.2) is 9.59 Å². The van der Waals surface area contributed by atoms with Gasteiger partial charge in [-0.3, -0.25) is 4.79 Å². The zero-order valence-corrected chi connectivity index (χ0v) is 13.0. The van der Waals surface area contributed by atoms with E-state index in [1.165, 1.54) is 7.11 Å². The molecule has 7 heteroatoms. The maximum atomic E-state index is 12.7. The van der Waals surface area contributed by atoms with Crippen LogP contribution in [0.1, 0.15) is 24.5 Å². The van der Waals surface area contributed by atoms with E-state index in [1.54, 1.807) is 19.1 Å². The summed E-state index contributed by atoms with van der Waals surface area (Å²) in [6.07, 6.45) is -1.41. The number of hydrogen-bond acceptors (Lipinski definition) is 5. The lowest BCUT2D eigenvalue weighted by molar-refractivity contribution is -0.202. The third kappa shape index (κ3) is 1.93. The molecule has 1 aliphatic rings. The number of benzene rings is 1. The monoisotopic (exact) mass is 306 g/mol. The summed E-state index contributed by atoms with van der Waals surface area (Å²) in [5, 5.41) is 1.69. The van der Waals surface area contributed by atoms with Crippen LogP contribution in [0.2, 0.25) is 0 Å². The molecular formula is C15H18N2O5. The van der Waals surface area contributed by atoms with Crippen LogP contribution in [0, 0.1) is 6.92 Å². The first-order valence-corrected chi connectivity index (χ1v) is 6.82. The van der Waals surface area contributed by atoms with E-state index in [0.717, 1.165) is 17.7 Å². The molecule has 0 bridgehead atoms. The van der Waals surface area contributed by atoms with E-state index < -0.39 is 23.6 Å². The fourth-order valence-electron chi connectivity index (χ4n) is 2.82. The van der Waals surface area contributed by atoms with Gasteiger partial charge in [0, 0.05) is 0 Å². The second-order valence-electron chi connectivity index (χ2n) is 4.90. The molecule has 0 aliphatic carbocycles. The topological polar surface area (TPSA) is 76.2 Å². The number of carbonyl (C=O) groups is 3. The summed E-state index contributed by atoms with van der Waals surface area (Å²) < 4.78 is 9.30. The molecule has 1 aliphatic heterocycles. The standard InChI is InChI=1S/C15H18N2O5/c1-5-15(11-9-7-6-8-10(11)2)12(18)16(13(19)21-3)17(15)14(20)22-4/h6-9H,5H2,1-4H3/t15-/m0/s1. The molecule has 0 spiro atoms. The van der Waals surface area contributed by atoms with Crippen LogP contribution in [0.3, 0.4) is 0 Å². The highest BCUT2D eigenvalue weighted by Gasteiger charge is 2.65. The highest BCUT2D eigenvalue weighted by atomic mass is 16.6. The van der Waals surface area contributed by atoms with Crippen molar-refractivity contribution in [1.82, 2.24) is 10.0 Å². The highest BCUT2D eigenvalue weighted by Crippen LogP contribution is 2.45. The van der Waals surface area contributed by atoms with Crippen molar-refractivity contribution in [3.05, 3.63) is 35.4 Å². The minimum Gasteiger partial charge on any atom is -0.451 e. The summed E-state index contributed by atoms with van der Waals surface area (Å²) in [5.74, 6) is -0.512. The number of rotatable bonds is 2. The molecule has 22 heavy (non-hydrogen) atoms. The summed E-state index contributed by atoms with van der Waals surface area (Å²) in [4.78, 5) is 36.6. The third-order valence-corrected chi connectivity index (χ3v) is 3.91. The number of nitrogens with zero attached hydrogens (tertiary/aromatic N) is 2. The zero-order valence-electron chi connectivity index (χ0n) is 13.0. The van der Waals surface area contributed by atoms with Gasteiger partial charge in [0.05, 0.1) is 14.2 Å². The molecule has 1 aromatic rings. The normalized spacial score (nSPS) is 20.5. The van der Waals surface area contributed by atoms with E-state index in [1.807, 2.05) is 19.1 Å². The Hall–Kier alpha value is -2.57. The molecule has 2 rings (SSSR count). The lowest BCUT2D eigenvalue weighted by atomic mass is 9.79. The van der Waals surface area contributed by atoms with Crippen LogP contribution in [0.15, 0.2) is 24.3 Å². The number of imide groups is 1. The molecule has 118 valence electrons. The molecule has 0 N–H and O–H groups in total. The number of aryl methyl sites for hydroxylation is 1. The van der Waals surface area contributed by atoms with Crippen molar-refractivity contribution in [2.45, 2.75) is 25.8 Å². The maximum absolute atomic E-state index is 12.7. The number of amides is 3. The number of methoxy groups -OCH3 is 2. The Balaban J connectivity index is 2.59. The molecule has 1 atom stereocenters. The summed E-state index contributed by atoms with van der Waals surface area (Å²) in [6.45, 7) is 3.62. The Kier molecular flexibility index (Phi) is 4.07. The molecule has 0 radical (unpaired) electrons. The second kappa shape index (κ2) is 5.67. The van der Waals surface area contributed by atoms with E-state index in [-0.39, 0.29) is 0 Å². The van der Waals surface area contributed by atoms with Gasteiger partial charge < -0.3 is 9.47 Å². The zero-order chi connectivity index (χ0) is 16.5. The molecule has 0 unspecified atom stereocenters. The van der Waals surface area contributed by atoms with Crippen LogP contribution < -0.4 is 0 Å². The predicted molar refractivity (Wildman–Crippen MR) is 76.6 cm³/mol. The minimum absolute atomic E-state index is 0.305. The predicted octanol–water partition coefficient (Wildman–Crippen LogP) is 2.19. The Labute approximate surface area is 128 Å². The average Bonchev–Trinajstić information content (AvgIpc) is 2.53. The molecule has 1 aromatic carbocycles. The molecule has 7 nitrogen and oxygen atoms in total. The van der Waals surface area contributed by atoms with Crippen molar-refractivity contribution >= 4 is 18.1 Å². The van der Waals surface area contributed by atoms with Crippen LogP contribution in [0.25, 0.3) is 0 Å². The van der Waals surface area contributed by atoms with Crippen LogP contribution in [0.5, 0.6) is 0 Å². The summed E-state index contributed by atoms with van der Waals surface area (Å²) in [7, 11) is 2.34. The van der Waals surface area contributed by atoms with E-state index >= 15 is 0 Å². The van der Waals surface area contributed by atoms with Crippen molar-refractivity contribution in [2.75, 3.05) is 14.2 Å². The van der Waals surface area contributed by atoms with E-state index in [4.69, 9.17) is 4.74 Å². The fourth-order valence-corrected chi connectivity index (χ4v) is 2.82. The number of hydrogen-bond donors (Lipinski definition) is 0. The van der Waals surface area contributed by atoms with E-state index in [0.29, 0.717) is 17.0 Å². The van der Waals surface area contributed by atoms with Crippen LogP contribution in [-0.2, 0) is 19.8 Å². The molecular weight excluding hydrogens is 288 g/mol. The Bertz CT molecular complexity index is 630. The number of ether oxygens (including phenoxy) is 2. The van der Waals surface area contributed by atoms with Crippen molar-refractivity contribution in [3.8, 4) is 0 Å². The molecule has 0 saturated carbocycles. The number of hydrazine groups is 1. The second-order valence-corrected chi connectivity index (χ2v) is 4.90. The Morgan fingerprint density at radius 1 is 1.14 bits per heavy atom. The van der Waals surface area contributed by atoms with Crippen LogP contribution in [-0.4, -0.2) is 42.3 Å². The Morgan fingerprint density at radius 3 is 2.23 bits per heavy atom. The number of carbonyl (C=O) groups excluding carboxylic acids is 3. The van der Waals surface area contributed by atoms with Gasteiger partial charge in [-0.1, -0.05) is 31.2 Å². The largest absolute Gasteiger partial charge is 0.451 e. The van der Waals surface area contributed by atoms with Gasteiger partial charge in [0.25, 0.3) is 5.91 Å². The van der Waals surface area contributed by atoms with Crippen LogP contribution in [0.4, 0.5) is 9.59 Å². The maximum Gasteiger partial charge on any atom is 0.436 e. The Morgan fingerprint density at radius 2 is 1.73 bits per heavy atom. The first kappa shape index (κ1) is 15.8. The quantitative estimate of drug-likeness (QED) is 0.837. The van der Waals surface area contributed by atoms with Gasteiger partial charge in [0.1, 0.15) is 0 Å². The summed E-state index contributed by atoms with van der Waals surface area (Å²) in [6, 6.07) is 7.23. The lowest BCUT2D eigenvalue weighted by Crippen LogP contribution is -2.77. The lowest BCUT2D eigenvalue weighted by Gasteiger charge is -2.54. The molecule has 1 saturated heterocycles. The SMILES string of the molecule is CC[C@]1(c2ccccc2C)C(=O)N(C(=O)OC)N1C(=O)OC. The summed E-state index contributed by atoms with van der Waals surface area (Å²) in [5.41, 5.74) is 0.247. The van der Waals surface area contributed by atoms with Gasteiger partial charge >= 0.3 is 12.2 Å². The van der Waals surface area contributed by atoms with Crippen molar-refractivity contribution in [3.63, 3.8) is 0 Å². The fraction of sp³-hybridized carbons (Fsp3) is 0.400. The van der Waals surface area contributed by atoms with Gasteiger partial charge in [-0.15, -0.1) is 5.01 Å². The molecule has 0 aromatic heterocycles. The van der Waals surface area contributed by atoms with Crippen molar-refractivity contribution < 1.29 is 23.9 Å².